The SMILES string of the molecule is C/C=C\C=C(\C)C(NC)C(C)C. The second kappa shape index (κ2) is 6.01. The lowest BCUT2D eigenvalue weighted by Crippen LogP contribution is -2.31. The molecule has 12 heavy (non-hydrogen) atoms. The third kappa shape index (κ3) is 3.72. The van der Waals surface area contributed by atoms with Crippen LogP contribution in [-0.4, -0.2) is 13.1 Å². The quantitative estimate of drug-likeness (QED) is 0.635. The van der Waals surface area contributed by atoms with Gasteiger partial charge in [-0.1, -0.05) is 37.6 Å². The summed E-state index contributed by atoms with van der Waals surface area (Å²) in [7, 11) is 2.01. The number of nitrogens with one attached hydrogen (secondary N) is 1. The largest absolute Gasteiger partial charge is 0.313 e. The molecule has 0 heterocycles. The van der Waals surface area contributed by atoms with Gasteiger partial charge in [0, 0.05) is 6.04 Å². The van der Waals surface area contributed by atoms with Crippen LogP contribution in [0.4, 0.5) is 0 Å². The second-order valence-electron chi connectivity index (χ2n) is 3.45. The van der Waals surface area contributed by atoms with E-state index in [4.69, 9.17) is 0 Å². The monoisotopic (exact) mass is 167 g/mol. The Kier molecular flexibility index (Phi) is 5.73. The Balaban J connectivity index is 4.30. The van der Waals surface area contributed by atoms with Gasteiger partial charge in [-0.2, -0.15) is 0 Å². The molecule has 0 rings (SSSR count). The molecule has 0 radical (unpaired) electrons. The Morgan fingerprint density at radius 3 is 2.25 bits per heavy atom. The number of rotatable bonds is 4. The third-order valence-corrected chi connectivity index (χ3v) is 2.02. The van der Waals surface area contributed by atoms with Crippen molar-refractivity contribution >= 4 is 0 Å². The first kappa shape index (κ1) is 11.4. The first-order valence-corrected chi connectivity index (χ1v) is 4.60. The fourth-order valence-electron chi connectivity index (χ4n) is 1.44. The van der Waals surface area contributed by atoms with E-state index in [1.807, 2.05) is 14.0 Å². The smallest absolute Gasteiger partial charge is 0.0300 e. The van der Waals surface area contributed by atoms with Gasteiger partial charge < -0.3 is 5.32 Å². The molecule has 1 N–H and O–H groups in total. The van der Waals surface area contributed by atoms with Gasteiger partial charge >= 0.3 is 0 Å². The second-order valence-corrected chi connectivity index (χ2v) is 3.45. The van der Waals surface area contributed by atoms with Crippen LogP contribution in [0.5, 0.6) is 0 Å². The fourth-order valence-corrected chi connectivity index (χ4v) is 1.44. The molecule has 0 aliphatic heterocycles. The van der Waals surface area contributed by atoms with E-state index < -0.39 is 0 Å². The topological polar surface area (TPSA) is 12.0 Å². The van der Waals surface area contributed by atoms with Crippen LogP contribution in [0.3, 0.4) is 0 Å². The van der Waals surface area contributed by atoms with E-state index in [0.717, 1.165) is 0 Å². The molecule has 70 valence electrons. The molecule has 1 heteroatoms. The van der Waals surface area contributed by atoms with Gasteiger partial charge in [-0.15, -0.1) is 0 Å². The van der Waals surface area contributed by atoms with Crippen LogP contribution in [0.2, 0.25) is 0 Å². The molecule has 0 bridgehead atoms. The summed E-state index contributed by atoms with van der Waals surface area (Å²) in [4.78, 5) is 0. The molecule has 1 atom stereocenters. The highest BCUT2D eigenvalue weighted by atomic mass is 14.9. The van der Waals surface area contributed by atoms with E-state index in [1.165, 1.54) is 5.57 Å². The lowest BCUT2D eigenvalue weighted by molar-refractivity contribution is 0.479. The summed E-state index contributed by atoms with van der Waals surface area (Å²) in [6, 6.07) is 0.501. The number of hydrogen-bond acceptors (Lipinski definition) is 1. The highest BCUT2D eigenvalue weighted by molar-refractivity contribution is 5.16. The molecule has 0 aliphatic carbocycles. The van der Waals surface area contributed by atoms with Crippen LogP contribution in [-0.2, 0) is 0 Å². The van der Waals surface area contributed by atoms with E-state index in [-0.39, 0.29) is 0 Å². The lowest BCUT2D eigenvalue weighted by atomic mass is 9.97. The minimum Gasteiger partial charge on any atom is -0.313 e. The summed E-state index contributed by atoms with van der Waals surface area (Å²) in [5.41, 5.74) is 1.39. The molecule has 0 amide bonds. The van der Waals surface area contributed by atoms with Crippen LogP contribution in [0.15, 0.2) is 23.8 Å². The van der Waals surface area contributed by atoms with E-state index in [9.17, 15) is 0 Å². The summed E-state index contributed by atoms with van der Waals surface area (Å²) < 4.78 is 0. The third-order valence-electron chi connectivity index (χ3n) is 2.02. The average molecular weight is 167 g/mol. The van der Waals surface area contributed by atoms with Gasteiger partial charge in [-0.05, 0) is 26.8 Å². The zero-order valence-corrected chi connectivity index (χ0v) is 8.89. The van der Waals surface area contributed by atoms with Crippen molar-refractivity contribution in [3.63, 3.8) is 0 Å². The number of allylic oxidation sites excluding steroid dienone is 3. The molecule has 0 fully saturated rings. The summed E-state index contributed by atoms with van der Waals surface area (Å²) in [5, 5.41) is 3.31. The summed E-state index contributed by atoms with van der Waals surface area (Å²) >= 11 is 0. The fraction of sp³-hybridized carbons (Fsp3) is 0.636. The van der Waals surface area contributed by atoms with Crippen molar-refractivity contribution in [2.24, 2.45) is 5.92 Å². The predicted octanol–water partition coefficient (Wildman–Crippen LogP) is 2.75. The highest BCUT2D eigenvalue weighted by Crippen LogP contribution is 2.10. The molecule has 1 unspecified atom stereocenters. The Morgan fingerprint density at radius 1 is 1.33 bits per heavy atom. The lowest BCUT2D eigenvalue weighted by Gasteiger charge is -2.20. The van der Waals surface area contributed by atoms with E-state index in [0.29, 0.717) is 12.0 Å². The standard InChI is InChI=1S/C11H21N/c1-6-7-8-10(4)11(12-5)9(2)3/h6-9,11-12H,1-5H3/b7-6-,10-8-. The maximum absolute atomic E-state index is 3.31. The Labute approximate surface area is 76.6 Å². The van der Waals surface area contributed by atoms with Crippen molar-refractivity contribution in [2.75, 3.05) is 7.05 Å². The molecule has 0 aromatic carbocycles. The maximum Gasteiger partial charge on any atom is 0.0300 e. The van der Waals surface area contributed by atoms with Crippen molar-refractivity contribution in [3.8, 4) is 0 Å². The van der Waals surface area contributed by atoms with E-state index in [1.54, 1.807) is 0 Å². The van der Waals surface area contributed by atoms with Crippen molar-refractivity contribution < 1.29 is 0 Å². The molecule has 1 nitrogen and oxygen atoms in total. The number of hydrogen-bond donors (Lipinski definition) is 1. The van der Waals surface area contributed by atoms with Crippen molar-refractivity contribution in [2.45, 2.75) is 33.7 Å². The zero-order chi connectivity index (χ0) is 9.56. The molecule has 0 aromatic rings. The van der Waals surface area contributed by atoms with Gasteiger partial charge in [-0.25, -0.2) is 0 Å². The molecule has 0 spiro atoms. The first-order valence-electron chi connectivity index (χ1n) is 4.60. The van der Waals surface area contributed by atoms with Gasteiger partial charge in [0.2, 0.25) is 0 Å². The normalized spacial score (nSPS) is 16.0. The molecule has 0 saturated heterocycles. The summed E-state index contributed by atoms with van der Waals surface area (Å²) in [6.45, 7) is 8.66. The van der Waals surface area contributed by atoms with E-state index >= 15 is 0 Å². The highest BCUT2D eigenvalue weighted by Gasteiger charge is 2.11. The molecule has 0 aliphatic rings. The molecular formula is C11H21N. The Bertz CT molecular complexity index is 166. The van der Waals surface area contributed by atoms with Gasteiger partial charge in [0.15, 0.2) is 0 Å². The average Bonchev–Trinajstić information content (AvgIpc) is 2.01. The molecule has 0 aromatic heterocycles. The van der Waals surface area contributed by atoms with Crippen LogP contribution in [0, 0.1) is 5.92 Å². The van der Waals surface area contributed by atoms with Crippen molar-refractivity contribution in [1.29, 1.82) is 0 Å². The first-order chi connectivity index (χ1) is 5.63. The summed E-state index contributed by atoms with van der Waals surface area (Å²) in [5.74, 6) is 0.650. The molecule has 0 saturated carbocycles. The van der Waals surface area contributed by atoms with Gasteiger partial charge in [0.25, 0.3) is 0 Å². The van der Waals surface area contributed by atoms with Gasteiger partial charge in [-0.3, -0.25) is 0 Å². The minimum atomic E-state index is 0.501. The maximum atomic E-state index is 3.31. The Morgan fingerprint density at radius 2 is 1.92 bits per heavy atom. The van der Waals surface area contributed by atoms with Crippen LogP contribution < -0.4 is 5.32 Å². The van der Waals surface area contributed by atoms with Crippen LogP contribution in [0.25, 0.3) is 0 Å². The zero-order valence-electron chi connectivity index (χ0n) is 8.89. The number of likely N-dealkylation sites (N-methyl/N-ethyl adjacent to an activating group) is 1. The van der Waals surface area contributed by atoms with E-state index in [2.05, 4.69) is 44.3 Å². The van der Waals surface area contributed by atoms with Gasteiger partial charge in [0.05, 0.1) is 0 Å². The van der Waals surface area contributed by atoms with Crippen molar-refractivity contribution in [1.82, 2.24) is 5.32 Å². The van der Waals surface area contributed by atoms with Gasteiger partial charge in [0.1, 0.15) is 0 Å². The van der Waals surface area contributed by atoms with Crippen molar-refractivity contribution in [3.05, 3.63) is 23.8 Å². The summed E-state index contributed by atoms with van der Waals surface area (Å²) in [6.07, 6.45) is 6.31. The van der Waals surface area contributed by atoms with Crippen LogP contribution >= 0.6 is 0 Å². The molecular weight excluding hydrogens is 146 g/mol. The predicted molar refractivity (Wildman–Crippen MR) is 56.3 cm³/mol. The minimum absolute atomic E-state index is 0.501. The Hall–Kier alpha value is -0.560. The van der Waals surface area contributed by atoms with Crippen LogP contribution in [0.1, 0.15) is 27.7 Å².